The van der Waals surface area contributed by atoms with Crippen LogP contribution in [0.15, 0.2) is 30.7 Å². The van der Waals surface area contributed by atoms with Gasteiger partial charge in [-0.2, -0.15) is 5.10 Å². The van der Waals surface area contributed by atoms with Crippen molar-refractivity contribution in [3.8, 4) is 11.5 Å². The first-order valence-corrected chi connectivity index (χ1v) is 5.95. The van der Waals surface area contributed by atoms with Crippen molar-refractivity contribution in [1.29, 1.82) is 0 Å². The first-order chi connectivity index (χ1) is 9.81. The lowest BCUT2D eigenvalue weighted by atomic mass is 10.2. The third kappa shape index (κ3) is 2.82. The number of hydrogen-bond acceptors (Lipinski definition) is 6. The molecule has 0 unspecified atom stereocenters. The highest BCUT2D eigenvalue weighted by atomic mass is 35.5. The number of halogens is 1. The van der Waals surface area contributed by atoms with Crippen molar-refractivity contribution in [1.82, 2.24) is 20.2 Å². The minimum absolute atomic E-state index is 0. The number of H-pyrrole nitrogens is 1. The molecule has 0 aliphatic rings. The molecule has 21 heavy (non-hydrogen) atoms. The van der Waals surface area contributed by atoms with Gasteiger partial charge in [-0.05, 0) is 6.07 Å². The Morgan fingerprint density at radius 1 is 1.10 bits per heavy atom. The summed E-state index contributed by atoms with van der Waals surface area (Å²) < 4.78 is 10.6. The third-order valence-corrected chi connectivity index (χ3v) is 2.89. The zero-order valence-electron chi connectivity index (χ0n) is 11.5. The van der Waals surface area contributed by atoms with Gasteiger partial charge in [0, 0.05) is 23.7 Å². The third-order valence-electron chi connectivity index (χ3n) is 2.89. The van der Waals surface area contributed by atoms with E-state index in [-0.39, 0.29) is 12.4 Å². The van der Waals surface area contributed by atoms with Crippen molar-refractivity contribution in [3.63, 3.8) is 0 Å². The largest absolute Gasteiger partial charge is 0.493 e. The maximum atomic E-state index is 5.30. The fraction of sp³-hybridized carbons (Fsp3) is 0.154. The molecule has 110 valence electrons. The molecule has 0 aliphatic heterocycles. The van der Waals surface area contributed by atoms with E-state index in [9.17, 15) is 0 Å². The van der Waals surface area contributed by atoms with Crippen molar-refractivity contribution in [3.05, 3.63) is 30.7 Å². The quantitative estimate of drug-likeness (QED) is 0.770. The molecule has 8 heteroatoms. The summed E-state index contributed by atoms with van der Waals surface area (Å²) in [5.41, 5.74) is 0.760. The van der Waals surface area contributed by atoms with Gasteiger partial charge in [0.2, 0.25) is 0 Å². The van der Waals surface area contributed by atoms with Crippen LogP contribution in [0.3, 0.4) is 0 Å². The molecule has 0 fully saturated rings. The molecule has 3 rings (SSSR count). The number of methoxy groups -OCH3 is 2. The molecule has 3 aromatic rings. The van der Waals surface area contributed by atoms with Crippen LogP contribution in [-0.4, -0.2) is 34.4 Å². The van der Waals surface area contributed by atoms with Crippen LogP contribution in [-0.2, 0) is 0 Å². The number of rotatable bonds is 4. The molecule has 2 heterocycles. The van der Waals surface area contributed by atoms with E-state index >= 15 is 0 Å². The van der Waals surface area contributed by atoms with Crippen molar-refractivity contribution in [2.75, 3.05) is 19.5 Å². The van der Waals surface area contributed by atoms with Gasteiger partial charge < -0.3 is 14.8 Å². The average Bonchev–Trinajstić information content (AvgIpc) is 2.99. The minimum atomic E-state index is 0. The highest BCUT2D eigenvalue weighted by molar-refractivity contribution is 5.92. The second-order valence-corrected chi connectivity index (χ2v) is 4.03. The Balaban J connectivity index is 0.00000161. The maximum Gasteiger partial charge on any atom is 0.162 e. The summed E-state index contributed by atoms with van der Waals surface area (Å²) in [5, 5.41) is 10.7. The summed E-state index contributed by atoms with van der Waals surface area (Å²) in [6.45, 7) is 0. The second kappa shape index (κ2) is 6.27. The van der Waals surface area contributed by atoms with Gasteiger partial charge in [-0.1, -0.05) is 0 Å². The predicted octanol–water partition coefficient (Wildman–Crippen LogP) is 2.54. The first-order valence-electron chi connectivity index (χ1n) is 5.95. The Morgan fingerprint density at radius 2 is 1.86 bits per heavy atom. The van der Waals surface area contributed by atoms with E-state index in [1.54, 1.807) is 20.4 Å². The van der Waals surface area contributed by atoms with Gasteiger partial charge in [0.1, 0.15) is 12.1 Å². The SMILES string of the molecule is COc1cc2ncnc(Nc3cc[nH]n3)c2cc1OC.Cl. The number of aromatic nitrogens is 4. The molecule has 0 amide bonds. The summed E-state index contributed by atoms with van der Waals surface area (Å²) in [6, 6.07) is 5.46. The molecule has 0 saturated heterocycles. The van der Waals surface area contributed by atoms with Crippen LogP contribution in [0.2, 0.25) is 0 Å². The van der Waals surface area contributed by atoms with Gasteiger partial charge in [-0.3, -0.25) is 5.10 Å². The maximum absolute atomic E-state index is 5.30. The Bertz CT molecular complexity index is 733. The van der Waals surface area contributed by atoms with E-state index in [1.165, 1.54) is 6.33 Å². The lowest BCUT2D eigenvalue weighted by Crippen LogP contribution is -1.98. The number of nitrogens with one attached hydrogen (secondary N) is 2. The molecule has 0 aliphatic carbocycles. The molecular formula is C13H14ClN5O2. The molecule has 0 radical (unpaired) electrons. The fourth-order valence-corrected chi connectivity index (χ4v) is 1.93. The van der Waals surface area contributed by atoms with Crippen LogP contribution in [0.25, 0.3) is 10.9 Å². The van der Waals surface area contributed by atoms with Crippen LogP contribution in [0.1, 0.15) is 0 Å². The Labute approximate surface area is 127 Å². The van der Waals surface area contributed by atoms with Gasteiger partial charge in [0.15, 0.2) is 17.3 Å². The van der Waals surface area contributed by atoms with Gasteiger partial charge >= 0.3 is 0 Å². The summed E-state index contributed by atoms with van der Waals surface area (Å²) >= 11 is 0. The fourth-order valence-electron chi connectivity index (χ4n) is 1.93. The zero-order chi connectivity index (χ0) is 13.9. The highest BCUT2D eigenvalue weighted by Crippen LogP contribution is 2.34. The van der Waals surface area contributed by atoms with Crippen LogP contribution in [0.4, 0.5) is 11.6 Å². The zero-order valence-corrected chi connectivity index (χ0v) is 12.3. The predicted molar refractivity (Wildman–Crippen MR) is 81.8 cm³/mol. The number of nitrogens with zero attached hydrogens (tertiary/aromatic N) is 3. The smallest absolute Gasteiger partial charge is 0.162 e. The second-order valence-electron chi connectivity index (χ2n) is 4.03. The van der Waals surface area contributed by atoms with E-state index in [4.69, 9.17) is 9.47 Å². The lowest BCUT2D eigenvalue weighted by Gasteiger charge is -2.11. The van der Waals surface area contributed by atoms with Crippen molar-refractivity contribution >= 4 is 34.9 Å². The lowest BCUT2D eigenvalue weighted by molar-refractivity contribution is 0.356. The number of aromatic amines is 1. The van der Waals surface area contributed by atoms with Crippen molar-refractivity contribution in [2.45, 2.75) is 0 Å². The standard InChI is InChI=1S/C13H13N5O2.ClH/c1-19-10-5-8-9(6-11(10)20-2)14-7-15-13(8)17-12-3-4-16-18-12;/h3-7H,1-2H3,(H2,14,15,16,17,18);1H. The van der Waals surface area contributed by atoms with Gasteiger partial charge in [0.25, 0.3) is 0 Å². The van der Waals surface area contributed by atoms with E-state index in [0.29, 0.717) is 23.1 Å². The molecule has 2 N–H and O–H groups in total. The Morgan fingerprint density at radius 3 is 2.52 bits per heavy atom. The molecule has 0 bridgehead atoms. The van der Waals surface area contributed by atoms with E-state index in [0.717, 1.165) is 10.9 Å². The number of hydrogen-bond donors (Lipinski definition) is 2. The summed E-state index contributed by atoms with van der Waals surface area (Å²) in [5.74, 6) is 2.59. The van der Waals surface area contributed by atoms with Crippen LogP contribution >= 0.6 is 12.4 Å². The normalized spacial score (nSPS) is 10.0. The highest BCUT2D eigenvalue weighted by Gasteiger charge is 2.11. The molecule has 7 nitrogen and oxygen atoms in total. The molecule has 0 atom stereocenters. The first kappa shape index (κ1) is 14.9. The van der Waals surface area contributed by atoms with Crippen molar-refractivity contribution in [2.24, 2.45) is 0 Å². The Kier molecular flexibility index (Phi) is 4.44. The summed E-state index contributed by atoms with van der Waals surface area (Å²) in [4.78, 5) is 8.48. The monoisotopic (exact) mass is 307 g/mol. The molecule has 0 spiro atoms. The molecule has 1 aromatic carbocycles. The van der Waals surface area contributed by atoms with Gasteiger partial charge in [-0.15, -0.1) is 12.4 Å². The average molecular weight is 308 g/mol. The number of ether oxygens (including phenoxy) is 2. The van der Waals surface area contributed by atoms with Gasteiger partial charge in [-0.25, -0.2) is 9.97 Å². The molecular weight excluding hydrogens is 294 g/mol. The van der Waals surface area contributed by atoms with E-state index in [2.05, 4.69) is 25.5 Å². The number of benzene rings is 1. The Hall–Kier alpha value is -2.54. The molecule has 2 aromatic heterocycles. The van der Waals surface area contributed by atoms with Crippen molar-refractivity contribution < 1.29 is 9.47 Å². The topological polar surface area (TPSA) is 85.0 Å². The van der Waals surface area contributed by atoms with E-state index in [1.807, 2.05) is 18.2 Å². The van der Waals surface area contributed by atoms with Gasteiger partial charge in [0.05, 0.1) is 19.7 Å². The molecule has 0 saturated carbocycles. The van der Waals surface area contributed by atoms with Crippen LogP contribution in [0.5, 0.6) is 11.5 Å². The minimum Gasteiger partial charge on any atom is -0.493 e. The summed E-state index contributed by atoms with van der Waals surface area (Å²) in [6.07, 6.45) is 3.22. The van der Waals surface area contributed by atoms with E-state index < -0.39 is 0 Å². The van der Waals surface area contributed by atoms with Crippen LogP contribution in [0, 0.1) is 0 Å². The summed E-state index contributed by atoms with van der Waals surface area (Å²) in [7, 11) is 3.18. The number of fused-ring (bicyclic) bond motifs is 1. The number of anilines is 2. The van der Waals surface area contributed by atoms with Crippen LogP contribution < -0.4 is 14.8 Å².